The molecule has 1 aliphatic rings. The minimum absolute atomic E-state index is 0.00457. The van der Waals surface area contributed by atoms with E-state index in [2.05, 4.69) is 11.8 Å². The van der Waals surface area contributed by atoms with Gasteiger partial charge >= 0.3 is 0 Å². The van der Waals surface area contributed by atoms with Gasteiger partial charge in [-0.1, -0.05) is 17.9 Å². The zero-order chi connectivity index (χ0) is 14.4. The van der Waals surface area contributed by atoms with Crippen LogP contribution >= 0.6 is 0 Å². The molecule has 1 aliphatic heterocycles. The lowest BCUT2D eigenvalue weighted by Crippen LogP contribution is -2.40. The zero-order valence-corrected chi connectivity index (χ0v) is 11.4. The Morgan fingerprint density at radius 2 is 2.35 bits per heavy atom. The molecular weight excluding hydrogens is 258 g/mol. The van der Waals surface area contributed by atoms with Crippen LogP contribution in [0.4, 0.5) is 0 Å². The predicted octanol–water partition coefficient (Wildman–Crippen LogP) is 0.398. The van der Waals surface area contributed by atoms with Crippen molar-refractivity contribution >= 4 is 5.91 Å². The van der Waals surface area contributed by atoms with Crippen molar-refractivity contribution in [3.05, 3.63) is 29.3 Å². The van der Waals surface area contributed by atoms with Crippen molar-refractivity contribution in [3.63, 3.8) is 0 Å². The number of morpholine rings is 1. The Balaban J connectivity index is 2.17. The molecule has 1 aromatic carbocycles. The Hall–Kier alpha value is -2.03. The van der Waals surface area contributed by atoms with Gasteiger partial charge in [0.15, 0.2) is 0 Å². The van der Waals surface area contributed by atoms with Gasteiger partial charge in [-0.25, -0.2) is 0 Å². The van der Waals surface area contributed by atoms with Crippen molar-refractivity contribution in [2.24, 2.45) is 0 Å². The Morgan fingerprint density at radius 1 is 1.50 bits per heavy atom. The van der Waals surface area contributed by atoms with Crippen LogP contribution in [-0.4, -0.2) is 49.4 Å². The van der Waals surface area contributed by atoms with Crippen LogP contribution in [0.2, 0.25) is 0 Å². The van der Waals surface area contributed by atoms with Gasteiger partial charge < -0.3 is 19.5 Å². The summed E-state index contributed by atoms with van der Waals surface area (Å²) in [5.41, 5.74) is 1.68. The summed E-state index contributed by atoms with van der Waals surface area (Å²) in [5, 5.41) is 8.78. The predicted molar refractivity (Wildman–Crippen MR) is 73.2 cm³/mol. The van der Waals surface area contributed by atoms with Gasteiger partial charge in [-0.2, -0.15) is 0 Å². The Morgan fingerprint density at radius 3 is 3.05 bits per heavy atom. The molecule has 1 heterocycles. The fraction of sp³-hybridized carbons (Fsp3) is 0.400. The molecule has 2 rings (SSSR count). The minimum atomic E-state index is -0.199. The van der Waals surface area contributed by atoms with E-state index in [4.69, 9.17) is 14.6 Å². The van der Waals surface area contributed by atoms with E-state index in [-0.39, 0.29) is 19.1 Å². The molecule has 0 spiro atoms. The van der Waals surface area contributed by atoms with E-state index in [9.17, 15) is 4.79 Å². The first-order chi connectivity index (χ1) is 9.74. The number of hydrogen-bond donors (Lipinski definition) is 1. The lowest BCUT2D eigenvalue weighted by molar-refractivity contribution is -0.143. The first-order valence-electron chi connectivity index (χ1n) is 6.36. The maximum absolute atomic E-state index is 11.7. The Labute approximate surface area is 118 Å². The molecule has 106 valence electrons. The topological polar surface area (TPSA) is 59.0 Å². The van der Waals surface area contributed by atoms with Crippen LogP contribution < -0.4 is 4.74 Å². The molecule has 0 aliphatic carbocycles. The second-order valence-corrected chi connectivity index (χ2v) is 4.36. The zero-order valence-electron chi connectivity index (χ0n) is 11.4. The molecule has 0 atom stereocenters. The van der Waals surface area contributed by atoms with Gasteiger partial charge in [0, 0.05) is 13.1 Å². The van der Waals surface area contributed by atoms with Crippen LogP contribution in [0.5, 0.6) is 5.75 Å². The second-order valence-electron chi connectivity index (χ2n) is 4.36. The third-order valence-corrected chi connectivity index (χ3v) is 3.02. The van der Waals surface area contributed by atoms with Crippen molar-refractivity contribution in [1.82, 2.24) is 4.90 Å². The normalized spacial score (nSPS) is 14.7. The van der Waals surface area contributed by atoms with E-state index in [1.165, 1.54) is 0 Å². The number of carbonyl (C=O) groups excluding carboxylic acids is 1. The number of nitrogens with zero attached hydrogens (tertiary/aromatic N) is 1. The third-order valence-electron chi connectivity index (χ3n) is 3.02. The van der Waals surface area contributed by atoms with Crippen molar-refractivity contribution in [1.29, 1.82) is 0 Å². The molecule has 0 unspecified atom stereocenters. The van der Waals surface area contributed by atoms with Gasteiger partial charge in [0.2, 0.25) is 5.91 Å². The average Bonchev–Trinajstić information content (AvgIpc) is 2.47. The van der Waals surface area contributed by atoms with E-state index in [1.807, 2.05) is 18.2 Å². The van der Waals surface area contributed by atoms with Gasteiger partial charge in [0.25, 0.3) is 0 Å². The van der Waals surface area contributed by atoms with Gasteiger partial charge in [-0.3, -0.25) is 4.79 Å². The number of amides is 1. The smallest absolute Gasteiger partial charge is 0.248 e. The summed E-state index contributed by atoms with van der Waals surface area (Å²) >= 11 is 0. The van der Waals surface area contributed by atoms with E-state index < -0.39 is 0 Å². The summed E-state index contributed by atoms with van der Waals surface area (Å²) in [7, 11) is 1.57. The summed E-state index contributed by atoms with van der Waals surface area (Å²) in [5.74, 6) is 6.10. The highest BCUT2D eigenvalue weighted by Gasteiger charge is 2.18. The fourth-order valence-corrected chi connectivity index (χ4v) is 2.02. The fourth-order valence-electron chi connectivity index (χ4n) is 2.02. The van der Waals surface area contributed by atoms with E-state index >= 15 is 0 Å². The molecule has 1 fully saturated rings. The summed E-state index contributed by atoms with van der Waals surface area (Å²) < 4.78 is 10.3. The number of carbonyl (C=O) groups is 1. The van der Waals surface area contributed by atoms with Crippen LogP contribution in [0.1, 0.15) is 11.1 Å². The Bertz CT molecular complexity index is 545. The van der Waals surface area contributed by atoms with E-state index in [0.717, 1.165) is 5.56 Å². The molecule has 20 heavy (non-hydrogen) atoms. The molecule has 1 aromatic rings. The SMILES string of the molecule is COc1ccc(CN2CCOCC2=O)cc1C#CCO. The van der Waals surface area contributed by atoms with E-state index in [1.54, 1.807) is 12.0 Å². The van der Waals surface area contributed by atoms with E-state index in [0.29, 0.717) is 31.0 Å². The molecule has 0 bridgehead atoms. The minimum Gasteiger partial charge on any atom is -0.495 e. The van der Waals surface area contributed by atoms with Crippen LogP contribution in [0, 0.1) is 11.8 Å². The number of hydrogen-bond acceptors (Lipinski definition) is 4. The van der Waals surface area contributed by atoms with Gasteiger partial charge in [-0.05, 0) is 17.7 Å². The summed E-state index contributed by atoms with van der Waals surface area (Å²) in [6.07, 6.45) is 0. The maximum Gasteiger partial charge on any atom is 0.248 e. The molecule has 5 heteroatoms. The summed E-state index contributed by atoms with van der Waals surface area (Å²) in [4.78, 5) is 13.5. The summed E-state index contributed by atoms with van der Waals surface area (Å²) in [6, 6.07) is 5.61. The molecule has 1 amide bonds. The van der Waals surface area contributed by atoms with Crippen molar-refractivity contribution < 1.29 is 19.4 Å². The largest absolute Gasteiger partial charge is 0.495 e. The average molecular weight is 275 g/mol. The van der Waals surface area contributed by atoms with Gasteiger partial charge in [0.1, 0.15) is 19.0 Å². The Kier molecular flexibility index (Phi) is 4.99. The molecule has 0 aromatic heterocycles. The number of ether oxygens (including phenoxy) is 2. The highest BCUT2D eigenvalue weighted by Crippen LogP contribution is 2.20. The summed E-state index contributed by atoms with van der Waals surface area (Å²) in [6.45, 7) is 1.64. The molecule has 0 radical (unpaired) electrons. The highest BCUT2D eigenvalue weighted by molar-refractivity contribution is 5.78. The van der Waals surface area contributed by atoms with Gasteiger partial charge in [0.05, 0.1) is 19.3 Å². The van der Waals surface area contributed by atoms with Crippen LogP contribution in [0.25, 0.3) is 0 Å². The number of aliphatic hydroxyl groups excluding tert-OH is 1. The number of methoxy groups -OCH3 is 1. The monoisotopic (exact) mass is 275 g/mol. The first-order valence-corrected chi connectivity index (χ1v) is 6.36. The lowest BCUT2D eigenvalue weighted by Gasteiger charge is -2.27. The molecule has 5 nitrogen and oxygen atoms in total. The highest BCUT2D eigenvalue weighted by atomic mass is 16.5. The van der Waals surface area contributed by atoms with Crippen molar-refractivity contribution in [2.75, 3.05) is 33.5 Å². The lowest BCUT2D eigenvalue weighted by atomic mass is 10.1. The van der Waals surface area contributed by atoms with Crippen LogP contribution in [0.15, 0.2) is 18.2 Å². The number of aliphatic hydroxyl groups is 1. The van der Waals surface area contributed by atoms with Crippen LogP contribution in [0.3, 0.4) is 0 Å². The standard InChI is InChI=1S/C15H17NO4/c1-19-14-5-4-12(9-13(14)3-2-7-17)10-16-6-8-20-11-15(16)18/h4-5,9,17H,6-8,10-11H2,1H3. The molecule has 1 N–H and O–H groups in total. The number of benzene rings is 1. The molecular formula is C15H17NO4. The van der Waals surface area contributed by atoms with Crippen molar-refractivity contribution in [3.8, 4) is 17.6 Å². The molecule has 0 saturated carbocycles. The maximum atomic E-state index is 11.7. The second kappa shape index (κ2) is 6.94. The quantitative estimate of drug-likeness (QED) is 0.811. The third kappa shape index (κ3) is 3.50. The van der Waals surface area contributed by atoms with Gasteiger partial charge in [-0.15, -0.1) is 0 Å². The molecule has 1 saturated heterocycles. The van der Waals surface area contributed by atoms with Crippen LogP contribution in [-0.2, 0) is 16.1 Å². The number of rotatable bonds is 3. The first kappa shape index (κ1) is 14.4. The van der Waals surface area contributed by atoms with Crippen molar-refractivity contribution in [2.45, 2.75) is 6.54 Å².